The second-order valence-electron chi connectivity index (χ2n) is 20.3. The predicted octanol–water partition coefficient (Wildman–Crippen LogP) is 0.218. The molecule has 0 spiro atoms. The molecule has 7 atom stereocenters. The Kier molecular flexibility index (Phi) is 22.7. The van der Waals surface area contributed by atoms with Crippen LogP contribution in [0, 0.1) is 18.8 Å². The molecular formula is C53H70N16O15S2. The van der Waals surface area contributed by atoms with Crippen LogP contribution >= 0.6 is 21.6 Å². The number of phenolic OH excluding ortho intramolecular Hbond substituents is 2. The van der Waals surface area contributed by atoms with Gasteiger partial charge in [0.2, 0.25) is 29.6 Å². The van der Waals surface area contributed by atoms with Gasteiger partial charge in [-0.25, -0.2) is 19.6 Å². The Balaban J connectivity index is 1.09. The highest BCUT2D eigenvalue weighted by Crippen LogP contribution is 2.63. The number of carbonyl (C=O) groups excluding carboxylic acids is 6. The molecule has 2 aliphatic rings. The normalized spacial score (nSPS) is 17.7. The summed E-state index contributed by atoms with van der Waals surface area (Å²) in [5.41, 5.74) is 22.9. The maximum Gasteiger partial charge on any atom is 0.409 e. The van der Waals surface area contributed by atoms with E-state index in [1.807, 2.05) is 18.7 Å². The molecule has 0 bridgehead atoms. The number of carboxylic acids is 2. The van der Waals surface area contributed by atoms with Gasteiger partial charge in [0.15, 0.2) is 22.8 Å². The highest BCUT2D eigenvalue weighted by Gasteiger charge is 2.61. The molecule has 86 heavy (non-hydrogen) atoms. The molecule has 4 aromatic rings. The molecule has 33 heteroatoms. The number of nitrogen functional groups attached to an aromatic ring is 1. The topological polar surface area (TPSA) is 499 Å². The van der Waals surface area contributed by atoms with Gasteiger partial charge in [0.05, 0.1) is 35.3 Å². The third kappa shape index (κ3) is 16.2. The van der Waals surface area contributed by atoms with Crippen LogP contribution in [-0.2, 0) is 51.2 Å². The molecular weight excluding hydrogens is 1160 g/mol. The zero-order valence-electron chi connectivity index (χ0n) is 47.6. The van der Waals surface area contributed by atoms with E-state index in [4.69, 9.17) is 37.5 Å². The quantitative estimate of drug-likeness (QED) is 0.00829. The van der Waals surface area contributed by atoms with E-state index in [1.165, 1.54) is 43.2 Å². The van der Waals surface area contributed by atoms with Gasteiger partial charge in [-0.2, -0.15) is 4.98 Å². The van der Waals surface area contributed by atoms with Crippen LogP contribution in [-0.4, -0.2) is 162 Å². The minimum atomic E-state index is -1.57. The van der Waals surface area contributed by atoms with Crippen LogP contribution in [0.4, 0.5) is 22.1 Å². The third-order valence-corrected chi connectivity index (χ3v) is 16.9. The summed E-state index contributed by atoms with van der Waals surface area (Å²) in [4.78, 5) is 136. The molecule has 2 aromatic carbocycles. The summed E-state index contributed by atoms with van der Waals surface area (Å²) in [7, 11) is 3.93. The number of guanidine groups is 1. The number of aromatic hydroxyl groups is 2. The van der Waals surface area contributed by atoms with Crippen molar-refractivity contribution in [1.29, 1.82) is 0 Å². The maximum atomic E-state index is 14.2. The number of aliphatic imine (C=N–C) groups is 1. The van der Waals surface area contributed by atoms with E-state index in [1.54, 1.807) is 19.1 Å². The van der Waals surface area contributed by atoms with Crippen LogP contribution in [0.1, 0.15) is 85.6 Å². The van der Waals surface area contributed by atoms with Gasteiger partial charge >= 0.3 is 18.0 Å². The Morgan fingerprint density at radius 1 is 0.919 bits per heavy atom. The Labute approximate surface area is 499 Å². The molecule has 6 rings (SSSR count). The molecule has 6 amide bonds. The number of nitrogens with zero attached hydrogens (tertiary/aromatic N) is 5. The van der Waals surface area contributed by atoms with Crippen molar-refractivity contribution < 1.29 is 68.3 Å². The van der Waals surface area contributed by atoms with Crippen LogP contribution < -0.4 is 65.3 Å². The van der Waals surface area contributed by atoms with Crippen molar-refractivity contribution in [3.05, 3.63) is 75.0 Å². The van der Waals surface area contributed by atoms with Crippen molar-refractivity contribution in [2.45, 2.75) is 103 Å². The number of nitrogens with two attached hydrogens (primary N) is 4. The van der Waals surface area contributed by atoms with E-state index in [0.717, 1.165) is 17.1 Å². The average molecular weight is 1240 g/mol. The minimum absolute atomic E-state index is 0.0101. The number of H-pyrrole nitrogens is 1. The van der Waals surface area contributed by atoms with Crippen LogP contribution in [0.25, 0.3) is 16.7 Å². The van der Waals surface area contributed by atoms with Gasteiger partial charge < -0.3 is 89.6 Å². The fourth-order valence-electron chi connectivity index (χ4n) is 9.85. The standard InChI is InChI=1S/C53H70N16O15S2/c1-24-21-69-40-38(32(22-84-52(57)82)53(69,83-5)26(24)3)42(74)31(25(2)41(40)73)8-7-17-85-86-23-35(47(78)62-27(4)44(75)61-20-37(71)72)66-46(77)33(9-6-16-58-50(54)55)64-36(70)15-14-34(49(80)81)65-45(76)28-10-12-29(13-11-28)59-18-30-19-60-43-39(63-30)48(79)68-51(56)67-43/h10-13,19,22,24,26-27,33-35,59,73-74H,6-9,14-18,20-21,23H2,1-5H3,(H2,57,82)(H,61,75)(H,62,78)(H,64,70)(H,65,76)(H,66,77)(H,71,72)(H,80,81)(H4,54,55,58)(H3,56,60,67,68,79)/t24-,26-,27-,33-,34-,35-,53-/m0/s1. The fraction of sp³-hybridized carbons (Fsp3) is 0.453. The minimum Gasteiger partial charge on any atom is -0.507 e. The van der Waals surface area contributed by atoms with Gasteiger partial charge in [0, 0.05) is 60.9 Å². The molecule has 2 aliphatic heterocycles. The number of ether oxygens (including phenoxy) is 2. The number of fused-ring (bicyclic) bond motifs is 4. The van der Waals surface area contributed by atoms with Gasteiger partial charge in [-0.1, -0.05) is 35.4 Å². The second-order valence-corrected chi connectivity index (χ2v) is 22.9. The van der Waals surface area contributed by atoms with Crippen molar-refractivity contribution in [2.75, 3.05) is 54.2 Å². The SMILES string of the molecule is CO[C@@]12C(=COC(N)=O)c3c(O)c(CCCSSC[C@H](NC(=O)[C@H](CCCN=C(N)N)NC(=O)CC[C@H](NC(=O)c4ccc(NCc5cnc6nc(N)[nH]c(=O)c6n5)cc4)C(=O)O)C(=O)N[C@@H](C)C(=O)NCC(=O)O)c(C)c(O)c3N1C[C@H](C)[C@@H]2C. The molecule has 0 saturated carbocycles. The van der Waals surface area contributed by atoms with Crippen molar-refractivity contribution >= 4 is 109 Å². The van der Waals surface area contributed by atoms with Crippen LogP contribution in [0.2, 0.25) is 0 Å². The van der Waals surface area contributed by atoms with Gasteiger partial charge in [0.25, 0.3) is 11.5 Å². The monoisotopic (exact) mass is 1230 g/mol. The largest absolute Gasteiger partial charge is 0.507 e. The molecule has 31 nitrogen and oxygen atoms in total. The number of hydrogen-bond acceptors (Lipinski definition) is 22. The number of amides is 6. The van der Waals surface area contributed by atoms with E-state index >= 15 is 0 Å². The molecule has 0 aliphatic carbocycles. The van der Waals surface area contributed by atoms with Crippen LogP contribution in [0.15, 0.2) is 46.5 Å². The van der Waals surface area contributed by atoms with Gasteiger partial charge in [-0.15, -0.1) is 0 Å². The zero-order chi connectivity index (χ0) is 63.2. The summed E-state index contributed by atoms with van der Waals surface area (Å²) in [5.74, 6) is -7.37. The lowest BCUT2D eigenvalue weighted by atomic mass is 9.83. The summed E-state index contributed by atoms with van der Waals surface area (Å²) in [6, 6.07) is 0.364. The summed E-state index contributed by atoms with van der Waals surface area (Å²) in [5, 5.41) is 58.1. The number of aromatic amines is 1. The average Bonchev–Trinajstić information content (AvgIpc) is 1.54. The second kappa shape index (κ2) is 29.6. The number of methoxy groups -OCH3 is 1. The first-order valence-electron chi connectivity index (χ1n) is 26.9. The predicted molar refractivity (Wildman–Crippen MR) is 318 cm³/mol. The van der Waals surface area contributed by atoms with Crippen molar-refractivity contribution in [3.8, 4) is 11.5 Å². The first kappa shape index (κ1) is 66.0. The number of aliphatic carboxylic acids is 2. The lowest BCUT2D eigenvalue weighted by Crippen LogP contribution is -2.57. The molecule has 0 unspecified atom stereocenters. The molecule has 1 saturated heterocycles. The third-order valence-electron chi connectivity index (χ3n) is 14.4. The maximum absolute atomic E-state index is 14.2. The first-order chi connectivity index (χ1) is 40.8. The molecule has 1 fully saturated rings. The Bertz CT molecular complexity index is 3350. The van der Waals surface area contributed by atoms with Crippen LogP contribution in [0.3, 0.4) is 0 Å². The molecule has 0 radical (unpaired) electrons. The number of benzene rings is 2. The number of primary amides is 1. The van der Waals surface area contributed by atoms with E-state index in [-0.39, 0.29) is 95.6 Å². The Morgan fingerprint density at radius 3 is 2.29 bits per heavy atom. The molecule has 19 N–H and O–H groups in total. The number of phenols is 2. The van der Waals surface area contributed by atoms with Gasteiger partial charge in [0.1, 0.15) is 48.5 Å². The Hall–Kier alpha value is -9.11. The first-order valence-corrected chi connectivity index (χ1v) is 29.4. The van der Waals surface area contributed by atoms with Crippen molar-refractivity contribution in [1.82, 2.24) is 46.5 Å². The van der Waals surface area contributed by atoms with Gasteiger partial charge in [-0.3, -0.25) is 43.5 Å². The number of carboxylic acid groups (broad SMARTS) is 2. The summed E-state index contributed by atoms with van der Waals surface area (Å²) in [6.45, 7) is 6.81. The van der Waals surface area contributed by atoms with Gasteiger partial charge in [-0.05, 0) is 81.7 Å². The number of nitrogens with one attached hydrogen (secondary N) is 7. The lowest BCUT2D eigenvalue weighted by Gasteiger charge is -2.36. The lowest BCUT2D eigenvalue weighted by molar-refractivity contribution is -0.140. The van der Waals surface area contributed by atoms with E-state index in [0.29, 0.717) is 52.5 Å². The van der Waals surface area contributed by atoms with E-state index in [2.05, 4.69) is 56.8 Å². The van der Waals surface area contributed by atoms with E-state index in [9.17, 15) is 58.5 Å². The van der Waals surface area contributed by atoms with E-state index < -0.39 is 102 Å². The fourth-order valence-corrected chi connectivity index (χ4v) is 12.1. The molecule has 4 heterocycles. The highest BCUT2D eigenvalue weighted by molar-refractivity contribution is 8.76. The summed E-state index contributed by atoms with van der Waals surface area (Å²) in [6.07, 6.45) is 1.23. The Morgan fingerprint density at radius 2 is 1.63 bits per heavy atom. The summed E-state index contributed by atoms with van der Waals surface area (Å²) >= 11 is 0. The number of hydrogen-bond donors (Lipinski definition) is 15. The molecule has 464 valence electrons. The smallest absolute Gasteiger partial charge is 0.409 e. The van der Waals surface area contributed by atoms with Crippen LogP contribution in [0.5, 0.6) is 11.5 Å². The van der Waals surface area contributed by atoms with Crippen molar-refractivity contribution in [2.24, 2.45) is 34.0 Å². The highest BCUT2D eigenvalue weighted by atomic mass is 33.1. The number of carbonyl (C=O) groups is 8. The summed E-state index contributed by atoms with van der Waals surface area (Å²) < 4.78 is 11.3. The number of rotatable bonds is 30. The number of anilines is 3. The number of aromatic nitrogens is 4. The van der Waals surface area contributed by atoms with Crippen molar-refractivity contribution in [3.63, 3.8) is 0 Å². The zero-order valence-corrected chi connectivity index (χ0v) is 49.2. The molecule has 2 aromatic heterocycles.